The molecule has 3 heterocycles. The third-order valence-electron chi connectivity index (χ3n) is 5.91. The maximum Gasteiger partial charge on any atom is 0.269 e. The molecule has 1 aromatic heterocycles. The van der Waals surface area contributed by atoms with E-state index in [1.165, 1.54) is 4.68 Å². The first kappa shape index (κ1) is 20.3. The molecule has 2 aliphatic heterocycles. The molecule has 0 spiro atoms. The molecular formula is C23H28N4O3. The Morgan fingerprint density at radius 2 is 1.87 bits per heavy atom. The van der Waals surface area contributed by atoms with Gasteiger partial charge in [-0.3, -0.25) is 9.59 Å². The van der Waals surface area contributed by atoms with Crippen LogP contribution in [-0.4, -0.2) is 58.0 Å². The van der Waals surface area contributed by atoms with Crippen LogP contribution in [0.4, 0.5) is 5.69 Å². The first-order valence-corrected chi connectivity index (χ1v) is 10.6. The smallest absolute Gasteiger partial charge is 0.269 e. The van der Waals surface area contributed by atoms with Crippen LogP contribution in [0.15, 0.2) is 53.5 Å². The highest BCUT2D eigenvalue weighted by atomic mass is 16.3. The molecule has 2 saturated heterocycles. The molecule has 1 aromatic carbocycles. The molecule has 1 atom stereocenters. The average molecular weight is 409 g/mol. The van der Waals surface area contributed by atoms with Crippen LogP contribution in [-0.2, 0) is 4.79 Å². The lowest BCUT2D eigenvalue weighted by Gasteiger charge is -2.33. The summed E-state index contributed by atoms with van der Waals surface area (Å²) in [6.07, 6.45) is 7.98. The van der Waals surface area contributed by atoms with Gasteiger partial charge in [-0.25, -0.2) is 4.68 Å². The lowest BCUT2D eigenvalue weighted by atomic mass is 10.1. The van der Waals surface area contributed by atoms with Crippen LogP contribution in [0.2, 0.25) is 0 Å². The van der Waals surface area contributed by atoms with Crippen molar-refractivity contribution in [3.05, 3.63) is 64.6 Å². The third kappa shape index (κ3) is 4.79. The molecule has 30 heavy (non-hydrogen) atoms. The number of hydrogen-bond donors (Lipinski definition) is 1. The number of rotatable bonds is 4. The molecule has 0 saturated carbocycles. The molecule has 2 aliphatic rings. The summed E-state index contributed by atoms with van der Waals surface area (Å²) in [5.41, 5.74) is 1.65. The Labute approximate surface area is 176 Å². The van der Waals surface area contributed by atoms with Gasteiger partial charge < -0.3 is 14.9 Å². The molecule has 0 aliphatic carbocycles. The Bertz CT molecular complexity index is 948. The maximum atomic E-state index is 12.7. The Kier molecular flexibility index (Phi) is 6.28. The van der Waals surface area contributed by atoms with E-state index in [1.807, 2.05) is 36.4 Å². The lowest BCUT2D eigenvalue weighted by molar-refractivity contribution is -0.127. The van der Waals surface area contributed by atoms with Gasteiger partial charge in [-0.2, -0.15) is 5.10 Å². The second-order valence-corrected chi connectivity index (χ2v) is 8.04. The highest BCUT2D eigenvalue weighted by Crippen LogP contribution is 2.22. The predicted octanol–water partition coefficient (Wildman–Crippen LogP) is 2.08. The van der Waals surface area contributed by atoms with Crippen LogP contribution in [0.25, 0.3) is 6.08 Å². The van der Waals surface area contributed by atoms with Crippen molar-refractivity contribution in [2.75, 3.05) is 31.1 Å². The maximum absolute atomic E-state index is 12.7. The molecule has 0 bridgehead atoms. The number of aromatic nitrogens is 2. The molecule has 1 N–H and O–H groups in total. The first-order chi connectivity index (χ1) is 14.6. The van der Waals surface area contributed by atoms with Crippen molar-refractivity contribution in [1.29, 1.82) is 0 Å². The molecule has 4 rings (SSSR count). The molecule has 1 amide bonds. The fourth-order valence-electron chi connectivity index (χ4n) is 4.17. The SMILES string of the molecule is O=C(/C=C/c1ccccc1)N1CCCC(n2ncc(N3CCC(O)CC3)cc2=O)C1. The number of carbonyl (C=O) groups is 1. The number of nitrogens with zero attached hydrogens (tertiary/aromatic N) is 4. The zero-order valence-electron chi connectivity index (χ0n) is 17.1. The summed E-state index contributed by atoms with van der Waals surface area (Å²) in [5.74, 6) is -0.0416. The van der Waals surface area contributed by atoms with Crippen molar-refractivity contribution >= 4 is 17.7 Å². The van der Waals surface area contributed by atoms with Crippen LogP contribution in [0.1, 0.15) is 37.3 Å². The van der Waals surface area contributed by atoms with Gasteiger partial charge in [0.2, 0.25) is 5.91 Å². The van der Waals surface area contributed by atoms with Crippen LogP contribution in [0.3, 0.4) is 0 Å². The summed E-state index contributed by atoms with van der Waals surface area (Å²) in [6, 6.07) is 11.2. The number of amides is 1. The van der Waals surface area contributed by atoms with E-state index in [1.54, 1.807) is 23.2 Å². The number of aliphatic hydroxyl groups is 1. The van der Waals surface area contributed by atoms with E-state index in [4.69, 9.17) is 0 Å². The van der Waals surface area contributed by atoms with Gasteiger partial charge in [0.05, 0.1) is 24.0 Å². The van der Waals surface area contributed by atoms with E-state index in [0.717, 1.165) is 37.2 Å². The van der Waals surface area contributed by atoms with Crippen molar-refractivity contribution in [1.82, 2.24) is 14.7 Å². The summed E-state index contributed by atoms with van der Waals surface area (Å²) < 4.78 is 1.52. The van der Waals surface area contributed by atoms with Crippen molar-refractivity contribution in [2.24, 2.45) is 0 Å². The van der Waals surface area contributed by atoms with Gasteiger partial charge in [0.1, 0.15) is 0 Å². The Morgan fingerprint density at radius 3 is 2.60 bits per heavy atom. The van der Waals surface area contributed by atoms with Crippen molar-refractivity contribution in [3.63, 3.8) is 0 Å². The van der Waals surface area contributed by atoms with E-state index in [9.17, 15) is 14.7 Å². The fourth-order valence-corrected chi connectivity index (χ4v) is 4.17. The topological polar surface area (TPSA) is 78.7 Å². The Balaban J connectivity index is 1.42. The Hall–Kier alpha value is -2.93. The number of piperidine rings is 2. The van der Waals surface area contributed by atoms with Gasteiger partial charge in [0.15, 0.2) is 0 Å². The minimum atomic E-state index is -0.253. The van der Waals surface area contributed by atoms with Crippen molar-refractivity contribution in [3.8, 4) is 0 Å². The molecule has 0 radical (unpaired) electrons. The summed E-state index contributed by atoms with van der Waals surface area (Å²) in [5, 5.41) is 14.1. The summed E-state index contributed by atoms with van der Waals surface area (Å²) in [4.78, 5) is 29.3. The van der Waals surface area contributed by atoms with E-state index >= 15 is 0 Å². The molecule has 2 aromatic rings. The summed E-state index contributed by atoms with van der Waals surface area (Å²) in [6.45, 7) is 2.63. The van der Waals surface area contributed by atoms with Crippen LogP contribution in [0, 0.1) is 0 Å². The predicted molar refractivity (Wildman–Crippen MR) is 116 cm³/mol. The number of aliphatic hydroxyl groups excluding tert-OH is 1. The van der Waals surface area contributed by atoms with E-state index in [2.05, 4.69) is 10.00 Å². The fraction of sp³-hybridized carbons (Fsp3) is 0.435. The minimum Gasteiger partial charge on any atom is -0.393 e. The molecular weight excluding hydrogens is 380 g/mol. The normalized spacial score (nSPS) is 20.6. The minimum absolute atomic E-state index is 0.0416. The monoisotopic (exact) mass is 408 g/mol. The standard InChI is InChI=1S/C23H28N4O3/c28-21-10-13-25(14-11-21)20-15-23(30)27(24-16-20)19-7-4-12-26(17-19)22(29)9-8-18-5-2-1-3-6-18/h1-3,5-6,8-9,15-16,19,21,28H,4,7,10-14,17H2/b9-8+. The van der Waals surface area contributed by atoms with Crippen molar-refractivity contribution < 1.29 is 9.90 Å². The van der Waals surface area contributed by atoms with E-state index in [-0.39, 0.29) is 23.6 Å². The van der Waals surface area contributed by atoms with Gasteiger partial charge >= 0.3 is 0 Å². The number of benzene rings is 1. The Morgan fingerprint density at radius 1 is 1.10 bits per heavy atom. The zero-order valence-corrected chi connectivity index (χ0v) is 17.1. The van der Waals surface area contributed by atoms with Crippen LogP contribution >= 0.6 is 0 Å². The van der Waals surface area contributed by atoms with Gasteiger partial charge in [0, 0.05) is 38.3 Å². The van der Waals surface area contributed by atoms with Crippen molar-refractivity contribution in [2.45, 2.75) is 37.8 Å². The van der Waals surface area contributed by atoms with Gasteiger partial charge in [-0.15, -0.1) is 0 Å². The molecule has 7 nitrogen and oxygen atoms in total. The van der Waals surface area contributed by atoms with Gasteiger partial charge in [-0.1, -0.05) is 30.3 Å². The van der Waals surface area contributed by atoms with E-state index in [0.29, 0.717) is 25.9 Å². The highest BCUT2D eigenvalue weighted by molar-refractivity contribution is 5.91. The second kappa shape index (κ2) is 9.26. The summed E-state index contributed by atoms with van der Waals surface area (Å²) in [7, 11) is 0. The highest BCUT2D eigenvalue weighted by Gasteiger charge is 2.26. The van der Waals surface area contributed by atoms with Gasteiger partial charge in [0.25, 0.3) is 5.56 Å². The summed E-state index contributed by atoms with van der Waals surface area (Å²) >= 11 is 0. The van der Waals surface area contributed by atoms with E-state index < -0.39 is 0 Å². The average Bonchev–Trinajstić information content (AvgIpc) is 2.78. The molecule has 2 fully saturated rings. The number of carbonyl (C=O) groups excluding carboxylic acids is 1. The second-order valence-electron chi connectivity index (χ2n) is 8.04. The quantitative estimate of drug-likeness (QED) is 0.784. The molecule has 1 unspecified atom stereocenters. The van der Waals surface area contributed by atoms with Crippen LogP contribution < -0.4 is 10.5 Å². The third-order valence-corrected chi connectivity index (χ3v) is 5.91. The molecule has 158 valence electrons. The number of anilines is 1. The van der Waals surface area contributed by atoms with Crippen LogP contribution in [0.5, 0.6) is 0 Å². The number of likely N-dealkylation sites (tertiary alicyclic amines) is 1. The lowest BCUT2D eigenvalue weighted by Crippen LogP contribution is -2.43. The number of hydrogen-bond acceptors (Lipinski definition) is 5. The zero-order chi connectivity index (χ0) is 20.9. The molecule has 7 heteroatoms. The largest absolute Gasteiger partial charge is 0.393 e. The first-order valence-electron chi connectivity index (χ1n) is 10.6. The van der Waals surface area contributed by atoms with Gasteiger partial charge in [-0.05, 0) is 37.3 Å².